The summed E-state index contributed by atoms with van der Waals surface area (Å²) >= 11 is 0. The van der Waals surface area contributed by atoms with Crippen molar-refractivity contribution in [2.24, 2.45) is 0 Å². The van der Waals surface area contributed by atoms with Crippen molar-refractivity contribution in [1.82, 2.24) is 10.2 Å². The van der Waals surface area contributed by atoms with Gasteiger partial charge >= 0.3 is 0 Å². The molecule has 1 aromatic heterocycles. The van der Waals surface area contributed by atoms with Crippen molar-refractivity contribution < 1.29 is 19.0 Å². The van der Waals surface area contributed by atoms with Gasteiger partial charge in [0.2, 0.25) is 5.88 Å². The molecule has 28 heavy (non-hydrogen) atoms. The number of amides is 1. The Hall–Kier alpha value is -3.61. The second kappa shape index (κ2) is 8.39. The number of carbonyl (C=O) groups is 1. The van der Waals surface area contributed by atoms with E-state index in [0.717, 1.165) is 11.1 Å². The average Bonchev–Trinajstić information content (AvgIpc) is 2.74. The first-order valence-electron chi connectivity index (χ1n) is 8.58. The van der Waals surface area contributed by atoms with Crippen LogP contribution in [0.5, 0.6) is 17.4 Å². The van der Waals surface area contributed by atoms with Gasteiger partial charge in [0.25, 0.3) is 5.91 Å². The molecule has 0 fully saturated rings. The number of anilines is 1. The Labute approximate surface area is 163 Å². The van der Waals surface area contributed by atoms with E-state index in [-0.39, 0.29) is 5.91 Å². The van der Waals surface area contributed by atoms with Gasteiger partial charge in [0.1, 0.15) is 17.1 Å². The summed E-state index contributed by atoms with van der Waals surface area (Å²) in [4.78, 5) is 12.9. The topological polar surface area (TPSA) is 82.6 Å². The molecule has 7 heteroatoms. The molecule has 0 spiro atoms. The van der Waals surface area contributed by atoms with Gasteiger partial charge in [0.05, 0.1) is 27.0 Å². The number of nitrogens with zero attached hydrogens (tertiary/aromatic N) is 2. The minimum absolute atomic E-state index is 0.324. The standard InChI is InChI=1S/C21H21N3O4/c1-13-8-9-14(15-10-11-19(28-4)24-23-15)12-16(13)22-21(25)20-17(26-2)6-5-7-18(20)27-3/h5-12H,1-4H3,(H,22,25). The monoisotopic (exact) mass is 379 g/mol. The highest BCUT2D eigenvalue weighted by molar-refractivity contribution is 6.08. The molecule has 0 atom stereocenters. The zero-order valence-corrected chi connectivity index (χ0v) is 16.1. The van der Waals surface area contributed by atoms with Crippen molar-refractivity contribution in [1.29, 1.82) is 0 Å². The molecule has 0 saturated carbocycles. The van der Waals surface area contributed by atoms with Gasteiger partial charge in [-0.2, -0.15) is 0 Å². The summed E-state index contributed by atoms with van der Waals surface area (Å²) in [6, 6.07) is 14.4. The maximum atomic E-state index is 12.9. The second-order valence-electron chi connectivity index (χ2n) is 5.98. The number of methoxy groups -OCH3 is 3. The summed E-state index contributed by atoms with van der Waals surface area (Å²) in [7, 11) is 4.56. The lowest BCUT2D eigenvalue weighted by molar-refractivity contribution is 0.102. The molecule has 1 amide bonds. The van der Waals surface area contributed by atoms with E-state index in [9.17, 15) is 4.79 Å². The summed E-state index contributed by atoms with van der Waals surface area (Å²) in [6.45, 7) is 1.92. The number of benzene rings is 2. The SMILES string of the molecule is COc1ccc(-c2ccc(C)c(NC(=O)c3c(OC)cccc3OC)c2)nn1. The van der Waals surface area contributed by atoms with Crippen LogP contribution in [-0.4, -0.2) is 37.4 Å². The predicted octanol–water partition coefficient (Wildman–Crippen LogP) is 3.73. The van der Waals surface area contributed by atoms with Crippen LogP contribution in [0.15, 0.2) is 48.5 Å². The Bertz CT molecular complexity index is 965. The van der Waals surface area contributed by atoms with Crippen LogP contribution in [0.2, 0.25) is 0 Å². The summed E-state index contributed by atoms with van der Waals surface area (Å²) in [5.74, 6) is 0.987. The number of ether oxygens (including phenoxy) is 3. The average molecular weight is 379 g/mol. The molecule has 0 unspecified atom stereocenters. The molecule has 7 nitrogen and oxygen atoms in total. The summed E-state index contributed by atoms with van der Waals surface area (Å²) in [5, 5.41) is 11.1. The zero-order chi connectivity index (χ0) is 20.1. The van der Waals surface area contributed by atoms with E-state index in [1.807, 2.05) is 31.2 Å². The van der Waals surface area contributed by atoms with Gasteiger partial charge in [0, 0.05) is 17.3 Å². The van der Waals surface area contributed by atoms with Crippen molar-refractivity contribution in [2.75, 3.05) is 26.6 Å². The van der Waals surface area contributed by atoms with Gasteiger partial charge < -0.3 is 19.5 Å². The van der Waals surface area contributed by atoms with E-state index in [1.165, 1.54) is 21.3 Å². The Morgan fingerprint density at radius 3 is 2.18 bits per heavy atom. The van der Waals surface area contributed by atoms with Crippen LogP contribution in [0, 0.1) is 6.92 Å². The molecular weight excluding hydrogens is 358 g/mol. The van der Waals surface area contributed by atoms with Crippen LogP contribution in [0.1, 0.15) is 15.9 Å². The smallest absolute Gasteiger partial charge is 0.263 e. The number of aryl methyl sites for hydroxylation is 1. The maximum Gasteiger partial charge on any atom is 0.263 e. The number of aromatic nitrogens is 2. The summed E-state index contributed by atoms with van der Waals surface area (Å²) in [5.41, 5.74) is 3.40. The molecule has 0 radical (unpaired) electrons. The third-order valence-electron chi connectivity index (χ3n) is 4.29. The highest BCUT2D eigenvalue weighted by Gasteiger charge is 2.19. The Morgan fingerprint density at radius 2 is 1.61 bits per heavy atom. The fourth-order valence-electron chi connectivity index (χ4n) is 2.76. The van der Waals surface area contributed by atoms with Crippen molar-refractivity contribution in [3.63, 3.8) is 0 Å². The highest BCUT2D eigenvalue weighted by atomic mass is 16.5. The van der Waals surface area contributed by atoms with E-state index in [4.69, 9.17) is 14.2 Å². The number of nitrogens with one attached hydrogen (secondary N) is 1. The quantitative estimate of drug-likeness (QED) is 0.703. The number of hydrogen-bond acceptors (Lipinski definition) is 6. The van der Waals surface area contributed by atoms with Gasteiger partial charge in [-0.1, -0.05) is 18.2 Å². The van der Waals surface area contributed by atoms with Crippen molar-refractivity contribution in [3.8, 4) is 28.6 Å². The lowest BCUT2D eigenvalue weighted by Crippen LogP contribution is -2.15. The van der Waals surface area contributed by atoms with E-state index in [0.29, 0.717) is 34.3 Å². The van der Waals surface area contributed by atoms with Gasteiger partial charge in [0.15, 0.2) is 0 Å². The first kappa shape index (κ1) is 19.2. The predicted molar refractivity (Wildman–Crippen MR) is 106 cm³/mol. The first-order valence-corrected chi connectivity index (χ1v) is 8.58. The van der Waals surface area contributed by atoms with Crippen LogP contribution in [0.25, 0.3) is 11.3 Å². The van der Waals surface area contributed by atoms with Crippen LogP contribution >= 0.6 is 0 Å². The van der Waals surface area contributed by atoms with Crippen molar-refractivity contribution in [3.05, 3.63) is 59.7 Å². The first-order chi connectivity index (χ1) is 13.6. The maximum absolute atomic E-state index is 12.9. The summed E-state index contributed by atoms with van der Waals surface area (Å²) in [6.07, 6.45) is 0. The molecule has 1 N–H and O–H groups in total. The van der Waals surface area contributed by atoms with Gasteiger partial charge in [-0.15, -0.1) is 10.2 Å². The van der Waals surface area contributed by atoms with Gasteiger partial charge in [-0.3, -0.25) is 4.79 Å². The molecule has 144 valence electrons. The Balaban J connectivity index is 1.93. The molecule has 0 bridgehead atoms. The third kappa shape index (κ3) is 3.88. The van der Waals surface area contributed by atoms with Crippen LogP contribution < -0.4 is 19.5 Å². The molecule has 0 aliphatic heterocycles. The van der Waals surface area contributed by atoms with Crippen LogP contribution in [0.3, 0.4) is 0 Å². The number of rotatable bonds is 6. The fourth-order valence-corrected chi connectivity index (χ4v) is 2.76. The van der Waals surface area contributed by atoms with E-state index >= 15 is 0 Å². The lowest BCUT2D eigenvalue weighted by atomic mass is 10.1. The molecule has 3 rings (SSSR count). The lowest BCUT2D eigenvalue weighted by Gasteiger charge is -2.15. The normalized spacial score (nSPS) is 10.3. The minimum atomic E-state index is -0.324. The third-order valence-corrected chi connectivity index (χ3v) is 4.29. The Kier molecular flexibility index (Phi) is 5.74. The van der Waals surface area contributed by atoms with Gasteiger partial charge in [-0.05, 0) is 36.8 Å². The van der Waals surface area contributed by atoms with E-state index < -0.39 is 0 Å². The number of carbonyl (C=O) groups excluding carboxylic acids is 1. The molecule has 2 aromatic carbocycles. The van der Waals surface area contributed by atoms with E-state index in [2.05, 4.69) is 15.5 Å². The molecule has 0 aliphatic carbocycles. The van der Waals surface area contributed by atoms with E-state index in [1.54, 1.807) is 24.3 Å². The van der Waals surface area contributed by atoms with Crippen molar-refractivity contribution >= 4 is 11.6 Å². The molecule has 3 aromatic rings. The zero-order valence-electron chi connectivity index (χ0n) is 16.1. The number of hydrogen-bond donors (Lipinski definition) is 1. The summed E-state index contributed by atoms with van der Waals surface area (Å²) < 4.78 is 15.7. The largest absolute Gasteiger partial charge is 0.496 e. The van der Waals surface area contributed by atoms with Crippen LogP contribution in [-0.2, 0) is 0 Å². The molecule has 0 saturated heterocycles. The molecule has 0 aliphatic rings. The van der Waals surface area contributed by atoms with Crippen molar-refractivity contribution in [2.45, 2.75) is 6.92 Å². The Morgan fingerprint density at radius 1 is 0.893 bits per heavy atom. The van der Waals surface area contributed by atoms with Crippen LogP contribution in [0.4, 0.5) is 5.69 Å². The molecule has 1 heterocycles. The molecular formula is C21H21N3O4. The fraction of sp³-hybridized carbons (Fsp3) is 0.190. The second-order valence-corrected chi connectivity index (χ2v) is 5.98. The minimum Gasteiger partial charge on any atom is -0.496 e. The van der Waals surface area contributed by atoms with Gasteiger partial charge in [-0.25, -0.2) is 0 Å². The highest BCUT2D eigenvalue weighted by Crippen LogP contribution is 2.30.